The molecule has 4 rings (SSSR count). The molecule has 0 saturated heterocycles. The minimum Gasteiger partial charge on any atom is -0.437 e. The van der Waals surface area contributed by atoms with E-state index in [1.807, 2.05) is 42.5 Å². The van der Waals surface area contributed by atoms with Crippen molar-refractivity contribution in [3.05, 3.63) is 65.5 Å². The van der Waals surface area contributed by atoms with Crippen LogP contribution in [0, 0.1) is 0 Å². The Hall–Kier alpha value is -2.99. The highest BCUT2D eigenvalue weighted by Crippen LogP contribution is 2.22. The summed E-state index contributed by atoms with van der Waals surface area (Å²) in [6.07, 6.45) is 4.74. The third-order valence-electron chi connectivity index (χ3n) is 3.89. The number of carbonyl (C=O) groups excluding carboxylic acids is 1. The average Bonchev–Trinajstić information content (AvgIpc) is 3.26. The van der Waals surface area contributed by atoms with Gasteiger partial charge in [-0.1, -0.05) is 24.3 Å². The quantitative estimate of drug-likeness (QED) is 0.412. The summed E-state index contributed by atoms with van der Waals surface area (Å²) in [5, 5.41) is 3.97. The highest BCUT2D eigenvalue weighted by molar-refractivity contribution is 7.18. The molecule has 1 N–H and O–H groups in total. The summed E-state index contributed by atoms with van der Waals surface area (Å²) < 4.78 is 6.75. The van der Waals surface area contributed by atoms with Gasteiger partial charge in [-0.25, -0.2) is 9.97 Å². The van der Waals surface area contributed by atoms with Gasteiger partial charge in [-0.2, -0.15) is 0 Å². The third-order valence-corrected chi connectivity index (χ3v) is 4.99. The molecule has 2 aromatic heterocycles. The highest BCUT2D eigenvalue weighted by Gasteiger charge is 2.04. The summed E-state index contributed by atoms with van der Waals surface area (Å²) in [4.78, 5) is 20.8. The topological polar surface area (TPSA) is 68.0 Å². The Labute approximate surface area is 154 Å². The number of carbonyl (C=O) groups is 1. The van der Waals surface area contributed by atoms with Crippen molar-refractivity contribution in [2.75, 3.05) is 6.54 Å². The summed E-state index contributed by atoms with van der Waals surface area (Å²) in [5.74, 6) is 0.271. The number of oxazole rings is 1. The Balaban J connectivity index is 1.25. The minimum atomic E-state index is -0.156. The van der Waals surface area contributed by atoms with E-state index in [0.29, 0.717) is 18.0 Å². The fourth-order valence-electron chi connectivity index (χ4n) is 2.65. The molecule has 2 aromatic carbocycles. The van der Waals surface area contributed by atoms with Crippen LogP contribution in [0.4, 0.5) is 0 Å². The van der Waals surface area contributed by atoms with E-state index in [1.54, 1.807) is 17.4 Å². The van der Waals surface area contributed by atoms with Gasteiger partial charge in [0.2, 0.25) is 11.8 Å². The van der Waals surface area contributed by atoms with Crippen LogP contribution in [0.25, 0.3) is 27.4 Å². The van der Waals surface area contributed by atoms with E-state index in [2.05, 4.69) is 21.4 Å². The molecule has 4 aromatic rings. The number of hydrogen-bond acceptors (Lipinski definition) is 5. The van der Waals surface area contributed by atoms with Crippen molar-refractivity contribution in [1.29, 1.82) is 0 Å². The summed E-state index contributed by atoms with van der Waals surface area (Å²) in [6, 6.07) is 15.6. The van der Waals surface area contributed by atoms with Crippen LogP contribution in [-0.2, 0) is 11.2 Å². The van der Waals surface area contributed by atoms with Gasteiger partial charge in [-0.05, 0) is 30.7 Å². The molecule has 0 aliphatic carbocycles. The molecule has 26 heavy (non-hydrogen) atoms. The number of fused-ring (bicyclic) bond motifs is 2. The molecule has 0 unspecified atom stereocenters. The number of aryl methyl sites for hydroxylation is 1. The van der Waals surface area contributed by atoms with Gasteiger partial charge in [0.25, 0.3) is 0 Å². The number of aromatic nitrogens is 2. The first-order valence-electron chi connectivity index (χ1n) is 8.44. The normalized spacial score (nSPS) is 11.5. The van der Waals surface area contributed by atoms with Crippen molar-refractivity contribution in [3.8, 4) is 0 Å². The van der Waals surface area contributed by atoms with Crippen LogP contribution in [-0.4, -0.2) is 22.4 Å². The molecule has 130 valence electrons. The summed E-state index contributed by atoms with van der Waals surface area (Å²) in [7, 11) is 0. The maximum absolute atomic E-state index is 11.9. The third kappa shape index (κ3) is 3.81. The molecule has 0 radical (unpaired) electrons. The average molecular weight is 363 g/mol. The molecule has 0 saturated carbocycles. The Morgan fingerprint density at radius 3 is 2.73 bits per heavy atom. The number of thiazole rings is 1. The van der Waals surface area contributed by atoms with Gasteiger partial charge in [-0.3, -0.25) is 4.79 Å². The largest absolute Gasteiger partial charge is 0.437 e. The molecular formula is C20H17N3O2S. The molecule has 0 aliphatic rings. The van der Waals surface area contributed by atoms with E-state index in [0.717, 1.165) is 28.9 Å². The van der Waals surface area contributed by atoms with Crippen LogP contribution in [0.5, 0.6) is 0 Å². The molecule has 6 heteroatoms. The van der Waals surface area contributed by atoms with Crippen LogP contribution in [0.3, 0.4) is 0 Å². The Morgan fingerprint density at radius 2 is 1.88 bits per heavy atom. The van der Waals surface area contributed by atoms with Crippen molar-refractivity contribution >= 4 is 44.6 Å². The number of para-hydroxylation sites is 3. The molecule has 0 fully saturated rings. The van der Waals surface area contributed by atoms with Gasteiger partial charge in [0.1, 0.15) is 5.52 Å². The summed E-state index contributed by atoms with van der Waals surface area (Å²) in [6.45, 7) is 0.604. The van der Waals surface area contributed by atoms with Crippen LogP contribution < -0.4 is 5.32 Å². The van der Waals surface area contributed by atoms with Crippen LogP contribution >= 0.6 is 11.3 Å². The lowest BCUT2D eigenvalue weighted by molar-refractivity contribution is -0.116. The Morgan fingerprint density at radius 1 is 1.08 bits per heavy atom. The van der Waals surface area contributed by atoms with Crippen LogP contribution in [0.1, 0.15) is 17.3 Å². The van der Waals surface area contributed by atoms with Gasteiger partial charge in [-0.15, -0.1) is 11.3 Å². The predicted molar refractivity (Wildman–Crippen MR) is 104 cm³/mol. The number of benzene rings is 2. The highest BCUT2D eigenvalue weighted by atomic mass is 32.1. The van der Waals surface area contributed by atoms with Gasteiger partial charge < -0.3 is 9.73 Å². The van der Waals surface area contributed by atoms with Crippen LogP contribution in [0.15, 0.2) is 59.0 Å². The molecular weight excluding hydrogens is 346 g/mol. The van der Waals surface area contributed by atoms with Crippen molar-refractivity contribution in [3.63, 3.8) is 0 Å². The maximum Gasteiger partial charge on any atom is 0.244 e. The number of nitrogens with one attached hydrogen (secondary N) is 1. The molecule has 2 heterocycles. The van der Waals surface area contributed by atoms with E-state index in [4.69, 9.17) is 4.42 Å². The predicted octanol–water partition coefficient (Wildman–Crippen LogP) is 4.20. The first kappa shape index (κ1) is 16.5. The first-order valence-corrected chi connectivity index (χ1v) is 9.25. The van der Waals surface area contributed by atoms with E-state index < -0.39 is 0 Å². The van der Waals surface area contributed by atoms with Gasteiger partial charge in [0, 0.05) is 25.1 Å². The zero-order valence-electron chi connectivity index (χ0n) is 14.0. The summed E-state index contributed by atoms with van der Waals surface area (Å²) in [5.41, 5.74) is 2.53. The Bertz CT molecular complexity index is 1010. The van der Waals surface area contributed by atoms with E-state index in [9.17, 15) is 4.79 Å². The SMILES string of the molecule is O=C(/C=C/c1nc2ccccc2o1)NCCCc1nc2ccccc2s1. The Kier molecular flexibility index (Phi) is 4.75. The monoisotopic (exact) mass is 363 g/mol. The van der Waals surface area contributed by atoms with Crippen molar-refractivity contribution in [2.45, 2.75) is 12.8 Å². The van der Waals surface area contributed by atoms with Gasteiger partial charge in [0.15, 0.2) is 5.58 Å². The first-order chi connectivity index (χ1) is 12.8. The number of nitrogens with zero attached hydrogens (tertiary/aromatic N) is 2. The van der Waals surface area contributed by atoms with E-state index in [-0.39, 0.29) is 5.91 Å². The number of hydrogen-bond donors (Lipinski definition) is 1. The number of amides is 1. The standard InChI is InChI=1S/C20H17N3O2S/c24-18(11-12-19-22-14-6-1-3-8-16(14)25-19)21-13-5-10-20-23-15-7-2-4-9-17(15)26-20/h1-4,6-9,11-12H,5,10,13H2,(H,21,24)/b12-11+. The van der Waals surface area contributed by atoms with Gasteiger partial charge in [0.05, 0.1) is 15.2 Å². The molecule has 1 amide bonds. The molecule has 0 bridgehead atoms. The molecule has 0 atom stereocenters. The smallest absolute Gasteiger partial charge is 0.244 e. The zero-order chi connectivity index (χ0) is 17.8. The number of rotatable bonds is 6. The van der Waals surface area contributed by atoms with Gasteiger partial charge >= 0.3 is 0 Å². The zero-order valence-corrected chi connectivity index (χ0v) is 14.8. The maximum atomic E-state index is 11.9. The summed E-state index contributed by atoms with van der Waals surface area (Å²) >= 11 is 1.71. The lowest BCUT2D eigenvalue weighted by Gasteiger charge is -2.00. The van der Waals surface area contributed by atoms with Crippen molar-refractivity contribution in [1.82, 2.24) is 15.3 Å². The fourth-order valence-corrected chi connectivity index (χ4v) is 3.65. The van der Waals surface area contributed by atoms with Crippen LogP contribution in [0.2, 0.25) is 0 Å². The molecule has 0 spiro atoms. The van der Waals surface area contributed by atoms with Crippen molar-refractivity contribution in [2.24, 2.45) is 0 Å². The lowest BCUT2D eigenvalue weighted by atomic mass is 10.3. The van der Waals surface area contributed by atoms with E-state index >= 15 is 0 Å². The second-order valence-electron chi connectivity index (χ2n) is 5.82. The van der Waals surface area contributed by atoms with E-state index in [1.165, 1.54) is 10.8 Å². The molecule has 5 nitrogen and oxygen atoms in total. The second kappa shape index (κ2) is 7.49. The fraction of sp³-hybridized carbons (Fsp3) is 0.150. The second-order valence-corrected chi connectivity index (χ2v) is 6.94. The lowest BCUT2D eigenvalue weighted by Crippen LogP contribution is -2.22. The van der Waals surface area contributed by atoms with Crippen molar-refractivity contribution < 1.29 is 9.21 Å². The molecule has 0 aliphatic heterocycles. The minimum absolute atomic E-state index is 0.156.